The van der Waals surface area contributed by atoms with Crippen LogP contribution in [0.2, 0.25) is 0 Å². The summed E-state index contributed by atoms with van der Waals surface area (Å²) in [5.41, 5.74) is 3.36. The number of pyridine rings is 1. The largest absolute Gasteiger partial charge is 0.386 e. The van der Waals surface area contributed by atoms with Crippen LogP contribution in [0, 0.1) is 11.3 Å². The highest BCUT2D eigenvalue weighted by atomic mass is 16.3. The summed E-state index contributed by atoms with van der Waals surface area (Å²) >= 11 is 0. The number of aliphatic hydroxyl groups is 1. The molecule has 2 heterocycles. The van der Waals surface area contributed by atoms with Gasteiger partial charge in [0.2, 0.25) is 0 Å². The number of ketones is 1. The zero-order valence-corrected chi connectivity index (χ0v) is 14.9. The molecule has 0 aliphatic heterocycles. The molecule has 0 amide bonds. The Morgan fingerprint density at radius 3 is 2.54 bits per heavy atom. The number of rotatable bonds is 4. The SMILES string of the molecule is CC(=O)/C(C#N)=C/c1c[nH]c2ncc(-c3ccc(C(C)(C)O)cc3)cc12. The Morgan fingerprint density at radius 1 is 1.27 bits per heavy atom. The van der Waals surface area contributed by atoms with Gasteiger partial charge in [-0.2, -0.15) is 5.26 Å². The first kappa shape index (κ1) is 17.6. The molecule has 5 nitrogen and oxygen atoms in total. The van der Waals surface area contributed by atoms with Gasteiger partial charge < -0.3 is 10.1 Å². The molecule has 0 spiro atoms. The lowest BCUT2D eigenvalue weighted by atomic mass is 9.95. The number of Topliss-reactive ketones (excluding diaryl/α,β-unsaturated/α-hetero) is 1. The number of hydrogen-bond donors (Lipinski definition) is 2. The van der Waals surface area contributed by atoms with E-state index in [4.69, 9.17) is 5.26 Å². The molecule has 1 aromatic carbocycles. The van der Waals surface area contributed by atoms with E-state index in [1.807, 2.05) is 36.4 Å². The normalized spacial score (nSPS) is 12.2. The van der Waals surface area contributed by atoms with Crippen LogP contribution in [0.4, 0.5) is 0 Å². The highest BCUT2D eigenvalue weighted by molar-refractivity contribution is 6.03. The zero-order chi connectivity index (χ0) is 18.9. The van der Waals surface area contributed by atoms with E-state index in [-0.39, 0.29) is 11.4 Å². The minimum absolute atomic E-state index is 0.103. The fourth-order valence-corrected chi connectivity index (χ4v) is 2.74. The second-order valence-electron chi connectivity index (χ2n) is 6.73. The van der Waals surface area contributed by atoms with E-state index in [1.165, 1.54) is 6.92 Å². The maximum Gasteiger partial charge on any atom is 0.170 e. The summed E-state index contributed by atoms with van der Waals surface area (Å²) in [6, 6.07) is 11.6. The van der Waals surface area contributed by atoms with E-state index in [0.717, 1.165) is 27.6 Å². The van der Waals surface area contributed by atoms with Crippen molar-refractivity contribution in [3.05, 3.63) is 59.4 Å². The minimum Gasteiger partial charge on any atom is -0.386 e. The summed E-state index contributed by atoms with van der Waals surface area (Å²) in [4.78, 5) is 19.0. The van der Waals surface area contributed by atoms with Gasteiger partial charge in [-0.15, -0.1) is 0 Å². The van der Waals surface area contributed by atoms with Crippen LogP contribution < -0.4 is 0 Å². The molecule has 0 saturated heterocycles. The van der Waals surface area contributed by atoms with E-state index < -0.39 is 5.60 Å². The molecule has 2 N–H and O–H groups in total. The Kier molecular flexibility index (Phi) is 4.45. The molecular formula is C21H19N3O2. The lowest BCUT2D eigenvalue weighted by molar-refractivity contribution is -0.113. The van der Waals surface area contributed by atoms with Gasteiger partial charge in [0, 0.05) is 28.9 Å². The molecule has 26 heavy (non-hydrogen) atoms. The van der Waals surface area contributed by atoms with E-state index in [2.05, 4.69) is 9.97 Å². The number of nitrogens with zero attached hydrogens (tertiary/aromatic N) is 2. The Labute approximate surface area is 151 Å². The quantitative estimate of drug-likeness (QED) is 0.553. The number of carbonyl (C=O) groups excluding carboxylic acids is 1. The van der Waals surface area contributed by atoms with Gasteiger partial charge in [-0.25, -0.2) is 4.98 Å². The topological polar surface area (TPSA) is 89.8 Å². The molecule has 0 radical (unpaired) electrons. The van der Waals surface area contributed by atoms with Gasteiger partial charge >= 0.3 is 0 Å². The van der Waals surface area contributed by atoms with Crippen LogP contribution in [0.3, 0.4) is 0 Å². The summed E-state index contributed by atoms with van der Waals surface area (Å²) in [5.74, 6) is -0.270. The molecule has 0 aliphatic carbocycles. The van der Waals surface area contributed by atoms with E-state index in [0.29, 0.717) is 5.65 Å². The van der Waals surface area contributed by atoms with E-state index in [1.54, 1.807) is 32.3 Å². The first-order chi connectivity index (χ1) is 12.3. The molecule has 2 aromatic heterocycles. The van der Waals surface area contributed by atoms with Gasteiger partial charge in [0.05, 0.1) is 11.2 Å². The second-order valence-corrected chi connectivity index (χ2v) is 6.73. The van der Waals surface area contributed by atoms with Crippen molar-refractivity contribution in [3.8, 4) is 17.2 Å². The molecule has 130 valence electrons. The predicted octanol–water partition coefficient (Wildman–Crippen LogP) is 3.95. The van der Waals surface area contributed by atoms with Gasteiger partial charge in [-0.1, -0.05) is 24.3 Å². The standard InChI is InChI=1S/C21H19N3O2/c1-13(25)15(10-22)8-17-12-24-20-19(17)9-16(11-23-20)14-4-6-18(7-5-14)21(2,3)26/h4-9,11-12,26H,1-3H3,(H,23,24)/b15-8+. The number of nitriles is 1. The summed E-state index contributed by atoms with van der Waals surface area (Å²) in [5, 5.41) is 20.0. The van der Waals surface area contributed by atoms with E-state index in [9.17, 15) is 9.90 Å². The number of aromatic nitrogens is 2. The van der Waals surface area contributed by atoms with Crippen LogP contribution >= 0.6 is 0 Å². The molecule has 0 unspecified atom stereocenters. The molecule has 0 fully saturated rings. The monoisotopic (exact) mass is 345 g/mol. The molecule has 0 aliphatic rings. The average molecular weight is 345 g/mol. The van der Waals surface area contributed by atoms with Crippen molar-refractivity contribution in [1.29, 1.82) is 5.26 Å². The first-order valence-corrected chi connectivity index (χ1v) is 8.23. The number of aromatic amines is 1. The van der Waals surface area contributed by atoms with E-state index >= 15 is 0 Å². The average Bonchev–Trinajstić information content (AvgIpc) is 3.00. The van der Waals surface area contributed by atoms with Crippen molar-refractivity contribution in [3.63, 3.8) is 0 Å². The molecule has 3 aromatic rings. The fourth-order valence-electron chi connectivity index (χ4n) is 2.74. The van der Waals surface area contributed by atoms with Crippen LogP contribution in [0.1, 0.15) is 31.9 Å². The van der Waals surface area contributed by atoms with Gasteiger partial charge in [0.1, 0.15) is 11.7 Å². The molecular weight excluding hydrogens is 326 g/mol. The summed E-state index contributed by atoms with van der Waals surface area (Å²) < 4.78 is 0. The number of fused-ring (bicyclic) bond motifs is 1. The van der Waals surface area contributed by atoms with Crippen molar-refractivity contribution in [2.45, 2.75) is 26.4 Å². The third-order valence-electron chi connectivity index (χ3n) is 4.29. The third-order valence-corrected chi connectivity index (χ3v) is 4.29. The predicted molar refractivity (Wildman–Crippen MR) is 101 cm³/mol. The van der Waals surface area contributed by atoms with Crippen molar-refractivity contribution in [1.82, 2.24) is 9.97 Å². The van der Waals surface area contributed by atoms with Crippen molar-refractivity contribution >= 4 is 22.9 Å². The minimum atomic E-state index is -0.889. The van der Waals surface area contributed by atoms with Gasteiger partial charge in [-0.3, -0.25) is 4.79 Å². The number of nitrogens with one attached hydrogen (secondary N) is 1. The van der Waals surface area contributed by atoms with Crippen molar-refractivity contribution in [2.24, 2.45) is 0 Å². The maximum absolute atomic E-state index is 11.5. The van der Waals surface area contributed by atoms with Crippen LogP contribution in [-0.2, 0) is 10.4 Å². The third kappa shape index (κ3) is 3.41. The van der Waals surface area contributed by atoms with Crippen LogP contribution in [0.5, 0.6) is 0 Å². The molecule has 0 saturated carbocycles. The highest BCUT2D eigenvalue weighted by Gasteiger charge is 2.15. The van der Waals surface area contributed by atoms with Crippen LogP contribution in [0.15, 0.2) is 48.3 Å². The summed E-state index contributed by atoms with van der Waals surface area (Å²) in [6.45, 7) is 4.86. The Bertz CT molecular complexity index is 1050. The number of carbonyl (C=O) groups is 1. The molecule has 5 heteroatoms. The van der Waals surface area contributed by atoms with Gasteiger partial charge in [-0.05, 0) is 44.0 Å². The van der Waals surface area contributed by atoms with Crippen LogP contribution in [-0.4, -0.2) is 20.9 Å². The summed E-state index contributed by atoms with van der Waals surface area (Å²) in [7, 11) is 0. The number of benzene rings is 1. The number of allylic oxidation sites excluding steroid dienone is 1. The zero-order valence-electron chi connectivity index (χ0n) is 14.9. The molecule has 3 rings (SSSR count). The fraction of sp³-hybridized carbons (Fsp3) is 0.190. The second kappa shape index (κ2) is 6.58. The van der Waals surface area contributed by atoms with Crippen molar-refractivity contribution in [2.75, 3.05) is 0 Å². The first-order valence-electron chi connectivity index (χ1n) is 8.23. The number of hydrogen-bond acceptors (Lipinski definition) is 4. The highest BCUT2D eigenvalue weighted by Crippen LogP contribution is 2.28. The lowest BCUT2D eigenvalue weighted by Crippen LogP contribution is -2.14. The molecule has 0 atom stereocenters. The Morgan fingerprint density at radius 2 is 1.96 bits per heavy atom. The van der Waals surface area contributed by atoms with Gasteiger partial charge in [0.15, 0.2) is 5.78 Å². The summed E-state index contributed by atoms with van der Waals surface area (Å²) in [6.07, 6.45) is 5.07. The maximum atomic E-state index is 11.5. The lowest BCUT2D eigenvalue weighted by Gasteiger charge is -2.17. The Balaban J connectivity index is 2.06. The smallest absolute Gasteiger partial charge is 0.170 e. The van der Waals surface area contributed by atoms with Crippen LogP contribution in [0.25, 0.3) is 28.2 Å². The Hall–Kier alpha value is -3.23. The van der Waals surface area contributed by atoms with Gasteiger partial charge in [0.25, 0.3) is 0 Å². The number of H-pyrrole nitrogens is 1. The molecule has 0 bridgehead atoms. The van der Waals surface area contributed by atoms with Crippen molar-refractivity contribution < 1.29 is 9.90 Å².